The van der Waals surface area contributed by atoms with Gasteiger partial charge in [0.25, 0.3) is 6.47 Å². The van der Waals surface area contributed by atoms with Crippen molar-refractivity contribution in [2.45, 2.75) is 136 Å². The summed E-state index contributed by atoms with van der Waals surface area (Å²) in [6, 6.07) is 0. The first kappa shape index (κ1) is 54.7. The van der Waals surface area contributed by atoms with E-state index in [1.54, 1.807) is 6.08 Å². The predicted molar refractivity (Wildman–Crippen MR) is 221 cm³/mol. The van der Waals surface area contributed by atoms with Gasteiger partial charge in [0.1, 0.15) is 6.61 Å². The summed E-state index contributed by atoms with van der Waals surface area (Å²) in [4.78, 5) is 44.9. The summed E-state index contributed by atoms with van der Waals surface area (Å²) in [5, 5.41) is 11.0. The van der Waals surface area contributed by atoms with Crippen LogP contribution < -0.4 is 0 Å². The van der Waals surface area contributed by atoms with Crippen LogP contribution in [0, 0.1) is 37.0 Å². The van der Waals surface area contributed by atoms with Crippen LogP contribution in [0.1, 0.15) is 120 Å². The molecule has 1 N–H and O–H groups in total. The number of carbonyl (C=O) groups excluding carboxylic acids is 3. The molecule has 1 aliphatic carbocycles. The number of allylic oxidation sites excluding steroid dienone is 4. The van der Waals surface area contributed by atoms with E-state index < -0.39 is 19.8 Å². The maximum atomic E-state index is 11.7. The Morgan fingerprint density at radius 1 is 1.04 bits per heavy atom. The average Bonchev–Trinajstić information content (AvgIpc) is 3.13. The Balaban J connectivity index is -0.000000341. The maximum absolute atomic E-state index is 11.7. The molecule has 9 heteroatoms. The van der Waals surface area contributed by atoms with Crippen LogP contribution in [0.25, 0.3) is 0 Å². The summed E-state index contributed by atoms with van der Waals surface area (Å²) in [5.74, 6) is 0.451. The average molecular weight is 820 g/mol. The molecule has 50 heavy (non-hydrogen) atoms. The normalized spacial score (nSPS) is 23.1. The monoisotopic (exact) mass is 819 g/mol. The third kappa shape index (κ3) is 23.5. The van der Waals surface area contributed by atoms with E-state index in [-0.39, 0.29) is 63.7 Å². The molecule has 0 amide bonds. The van der Waals surface area contributed by atoms with Crippen LogP contribution in [0.4, 0.5) is 0 Å². The molecule has 2 aliphatic heterocycles. The molecule has 0 saturated carbocycles. The number of nitrogens with zero attached hydrogens (tertiary/aromatic N) is 1. The topological polar surface area (TPSA) is 102 Å². The molecule has 0 aromatic carbocycles. The molecule has 2 fully saturated rings. The summed E-state index contributed by atoms with van der Waals surface area (Å²) in [7, 11) is 6.00. The summed E-state index contributed by atoms with van der Waals surface area (Å²) >= 11 is -1.16. The minimum atomic E-state index is -1.16. The van der Waals surface area contributed by atoms with Gasteiger partial charge in [-0.2, -0.15) is 0 Å². The van der Waals surface area contributed by atoms with E-state index in [2.05, 4.69) is 64.2 Å². The second-order valence-corrected chi connectivity index (χ2v) is 19.4. The third-order valence-electron chi connectivity index (χ3n) is 8.15. The van der Waals surface area contributed by atoms with Crippen LogP contribution in [0.5, 0.6) is 0 Å². The first-order valence-corrected chi connectivity index (χ1v) is 21.6. The SMILES string of the molecule is C.C.C#C.C#C.CCCCCC[C@H](CCC)OOCC(=O)COC=O.CN(C)C.C[C@@H]1CCCCI2CCC3=CC(=O)C=C[C@]3(C)C2[C@@H](O)C1. The zero-order chi connectivity index (χ0) is 37.0. The predicted octanol–water partition coefficient (Wildman–Crippen LogP) is 8.67. The van der Waals surface area contributed by atoms with Gasteiger partial charge in [0.05, 0.1) is 6.10 Å². The van der Waals surface area contributed by atoms with Crippen molar-refractivity contribution in [3.63, 3.8) is 0 Å². The summed E-state index contributed by atoms with van der Waals surface area (Å²) in [6.07, 6.45) is 35.3. The Labute approximate surface area is 315 Å². The fraction of sp³-hybridized carbons (Fsp3) is 0.732. The Kier molecular flexibility index (Phi) is 37.3. The van der Waals surface area contributed by atoms with Crippen molar-refractivity contribution >= 4 is 37.9 Å². The van der Waals surface area contributed by atoms with E-state index in [1.807, 2.05) is 32.1 Å². The van der Waals surface area contributed by atoms with E-state index in [4.69, 9.17) is 9.78 Å². The summed E-state index contributed by atoms with van der Waals surface area (Å²) < 4.78 is 7.45. The van der Waals surface area contributed by atoms with Gasteiger partial charge >= 0.3 is 135 Å². The van der Waals surface area contributed by atoms with E-state index in [9.17, 15) is 19.5 Å². The van der Waals surface area contributed by atoms with E-state index in [0.29, 0.717) is 9.84 Å². The molecular weight excluding hydrogens is 745 g/mol. The molecule has 1 unspecified atom stereocenters. The quantitative estimate of drug-likeness (QED) is 0.0354. The number of unbranched alkanes of at least 4 members (excludes halogenated alkanes) is 3. The van der Waals surface area contributed by atoms with Crippen molar-refractivity contribution in [3.8, 4) is 25.7 Å². The Bertz CT molecular complexity index is 968. The molecule has 0 spiro atoms. The summed E-state index contributed by atoms with van der Waals surface area (Å²) in [6.45, 7) is 8.63. The number of halogens is 1. The zero-order valence-electron chi connectivity index (χ0n) is 31.0. The second-order valence-electron chi connectivity index (χ2n) is 13.0. The number of hydrogen-bond donors (Lipinski definition) is 1. The molecule has 0 aromatic rings. The molecule has 0 aromatic heterocycles. The number of alkyl halides is 3. The number of hydrogen-bond acceptors (Lipinski definition) is 8. The van der Waals surface area contributed by atoms with Gasteiger partial charge in [0, 0.05) is 0 Å². The fourth-order valence-electron chi connectivity index (χ4n) is 5.96. The zero-order valence-corrected chi connectivity index (χ0v) is 33.1. The van der Waals surface area contributed by atoms with Crippen LogP contribution in [-0.4, -0.2) is 87.4 Å². The molecule has 8 nitrogen and oxygen atoms in total. The molecule has 0 bridgehead atoms. The number of fused-ring (bicyclic) bond motifs is 3. The number of ether oxygens (including phenoxy) is 1. The van der Waals surface area contributed by atoms with Gasteiger partial charge < -0.3 is 9.64 Å². The summed E-state index contributed by atoms with van der Waals surface area (Å²) in [5.41, 5.74) is 1.25. The van der Waals surface area contributed by atoms with Crippen LogP contribution in [0.15, 0.2) is 23.8 Å². The van der Waals surface area contributed by atoms with Crippen LogP contribution >= 0.6 is 19.8 Å². The van der Waals surface area contributed by atoms with E-state index in [0.717, 1.165) is 38.5 Å². The number of aliphatic hydroxyl groups excluding tert-OH is 1. The Morgan fingerprint density at radius 3 is 2.26 bits per heavy atom. The second kappa shape index (κ2) is 34.1. The number of aliphatic hydroxyl groups is 1. The molecule has 2 heterocycles. The molecule has 2 saturated heterocycles. The van der Waals surface area contributed by atoms with Crippen molar-refractivity contribution in [3.05, 3.63) is 23.8 Å². The molecule has 292 valence electrons. The van der Waals surface area contributed by atoms with Gasteiger partial charge in [-0.1, -0.05) is 60.8 Å². The molecular formula is C41H74INO7. The van der Waals surface area contributed by atoms with Crippen molar-refractivity contribution in [2.75, 3.05) is 43.2 Å². The Morgan fingerprint density at radius 2 is 1.68 bits per heavy atom. The third-order valence-corrected chi connectivity index (χ3v) is 16.2. The van der Waals surface area contributed by atoms with Crippen molar-refractivity contribution < 1.29 is 34.0 Å². The number of carbonyl (C=O) groups is 3. The molecule has 3 aliphatic rings. The first-order valence-electron chi connectivity index (χ1n) is 17.3. The Hall–Kier alpha value is -2.02. The van der Waals surface area contributed by atoms with Gasteiger partial charge in [-0.05, 0) is 34.0 Å². The van der Waals surface area contributed by atoms with E-state index >= 15 is 0 Å². The van der Waals surface area contributed by atoms with Crippen LogP contribution in [-0.2, 0) is 28.9 Å². The van der Waals surface area contributed by atoms with Gasteiger partial charge in [0.15, 0.2) is 12.4 Å². The van der Waals surface area contributed by atoms with Gasteiger partial charge in [-0.15, -0.1) is 25.7 Å². The van der Waals surface area contributed by atoms with Gasteiger partial charge in [-0.3, -0.25) is 9.59 Å². The standard InChI is InChI=1S/C18H27IO2.C14H26O5.C3H9N.2C2H2.2CH4/c1-13-5-3-4-9-19-10-7-14-12-15(20)6-8-18(14,2)17(19)16(21)11-13;1-3-5-6-7-9-14(8-4-2)19-18-11-13(16)10-17-12-15;1-4(2)3;2*1-2;;/h6,8,12-13,16-17,21H,3-5,7,9-11H2,1-2H3;12,14H,3-11H2,1-2H3;1-3H3;2*1-2H;2*1H4/t13-,16+,17?,18+;14-;;;;;/m10...../s1. The van der Waals surface area contributed by atoms with Crippen LogP contribution in [0.3, 0.4) is 0 Å². The number of ketones is 2. The van der Waals surface area contributed by atoms with Crippen molar-refractivity contribution in [1.82, 2.24) is 4.90 Å². The molecule has 5 atom stereocenters. The van der Waals surface area contributed by atoms with Crippen molar-refractivity contribution in [1.29, 1.82) is 0 Å². The number of rotatable bonds is 14. The van der Waals surface area contributed by atoms with Gasteiger partial charge in [0.2, 0.25) is 0 Å². The molecule has 0 radical (unpaired) electrons. The molecule has 3 rings (SSSR count). The van der Waals surface area contributed by atoms with Gasteiger partial charge in [-0.25, -0.2) is 9.78 Å². The minimum absolute atomic E-state index is 0. The van der Waals surface area contributed by atoms with E-state index in [1.165, 1.54) is 53.0 Å². The van der Waals surface area contributed by atoms with Crippen molar-refractivity contribution in [2.24, 2.45) is 11.3 Å². The number of terminal acetylenes is 2. The number of Topliss-reactive ketones (excluding diaryl/α,β-unsaturated/α-hetero) is 1. The first-order chi connectivity index (χ1) is 23.0. The fourth-order valence-corrected chi connectivity index (χ4v) is 14.5. The van der Waals surface area contributed by atoms with Crippen LogP contribution in [0.2, 0.25) is 0 Å².